The number of hydrogen-bond donors (Lipinski definition) is 4. The van der Waals surface area contributed by atoms with E-state index in [9.17, 15) is 4.79 Å². The maximum absolute atomic E-state index is 12.1. The summed E-state index contributed by atoms with van der Waals surface area (Å²) in [6.07, 6.45) is 0. The minimum atomic E-state index is -0.300. The second-order valence-electron chi connectivity index (χ2n) is 6.83. The summed E-state index contributed by atoms with van der Waals surface area (Å²) >= 11 is 0. The number of carbonyl (C=O) groups is 1. The Labute approximate surface area is 174 Å². The van der Waals surface area contributed by atoms with Crippen LogP contribution < -0.4 is 16.4 Å². The van der Waals surface area contributed by atoms with Crippen LogP contribution in [0.5, 0.6) is 0 Å². The van der Waals surface area contributed by atoms with Gasteiger partial charge in [0.1, 0.15) is 5.52 Å². The number of fused-ring (bicyclic) bond motifs is 1. The van der Waals surface area contributed by atoms with E-state index in [0.717, 1.165) is 0 Å². The van der Waals surface area contributed by atoms with Crippen molar-refractivity contribution in [2.45, 2.75) is 12.8 Å². The summed E-state index contributed by atoms with van der Waals surface area (Å²) in [6.45, 7) is 2.93. The Kier molecular flexibility index (Phi) is 5.56. The Balaban J connectivity index is 1.66. The third-order valence-corrected chi connectivity index (χ3v) is 4.80. The van der Waals surface area contributed by atoms with Crippen LogP contribution in [0.25, 0.3) is 11.2 Å². The lowest BCUT2D eigenvalue weighted by Gasteiger charge is -2.19. The van der Waals surface area contributed by atoms with Crippen molar-refractivity contribution < 1.29 is 4.79 Å². The van der Waals surface area contributed by atoms with Crippen molar-refractivity contribution in [1.29, 1.82) is 0 Å². The lowest BCUT2D eigenvalue weighted by molar-refractivity contribution is 0.0946. The molecule has 8 nitrogen and oxygen atoms in total. The number of rotatable bonds is 7. The van der Waals surface area contributed by atoms with E-state index in [4.69, 9.17) is 5.73 Å². The summed E-state index contributed by atoms with van der Waals surface area (Å²) in [5.41, 5.74) is 9.14. The highest BCUT2D eigenvalue weighted by atomic mass is 16.2. The van der Waals surface area contributed by atoms with Crippen LogP contribution in [0, 0.1) is 0 Å². The monoisotopic (exact) mass is 401 g/mol. The number of aromatic nitrogens is 4. The van der Waals surface area contributed by atoms with Crippen molar-refractivity contribution >= 4 is 28.8 Å². The largest absolute Gasteiger partial charge is 0.368 e. The van der Waals surface area contributed by atoms with Gasteiger partial charge < -0.3 is 21.4 Å². The standard InChI is InChI=1S/C22H23N7O/c1-2-24-21(30)20-26-17-18(28-22(23)29-19(17)27-20)25-13-16(14-9-5-3-6-10-14)15-11-7-4-8-12-15/h3-12,16H,2,13H2,1H3,(H,24,30)(H4,23,25,26,27,28,29). The summed E-state index contributed by atoms with van der Waals surface area (Å²) in [7, 11) is 0. The average Bonchev–Trinajstić information content (AvgIpc) is 3.20. The van der Waals surface area contributed by atoms with Gasteiger partial charge in [0.15, 0.2) is 17.3 Å². The van der Waals surface area contributed by atoms with E-state index in [-0.39, 0.29) is 23.6 Å². The van der Waals surface area contributed by atoms with Crippen LogP contribution in [0.2, 0.25) is 0 Å². The van der Waals surface area contributed by atoms with Crippen molar-refractivity contribution in [3.05, 3.63) is 77.6 Å². The molecule has 8 heteroatoms. The molecular weight excluding hydrogens is 378 g/mol. The topological polar surface area (TPSA) is 122 Å². The molecule has 4 rings (SSSR count). The number of H-pyrrole nitrogens is 1. The van der Waals surface area contributed by atoms with Crippen LogP contribution in [0.1, 0.15) is 34.6 Å². The molecule has 0 radical (unpaired) electrons. The number of anilines is 2. The summed E-state index contributed by atoms with van der Waals surface area (Å²) in [5.74, 6) is 0.584. The number of nitrogens with zero attached hydrogens (tertiary/aromatic N) is 3. The molecule has 0 aliphatic rings. The van der Waals surface area contributed by atoms with Crippen molar-refractivity contribution in [3.63, 3.8) is 0 Å². The number of imidazole rings is 1. The molecule has 4 aromatic rings. The molecule has 0 saturated carbocycles. The molecule has 30 heavy (non-hydrogen) atoms. The maximum atomic E-state index is 12.1. The number of benzene rings is 2. The number of carbonyl (C=O) groups excluding carboxylic acids is 1. The second kappa shape index (κ2) is 8.60. The third-order valence-electron chi connectivity index (χ3n) is 4.80. The van der Waals surface area contributed by atoms with Gasteiger partial charge >= 0.3 is 0 Å². The third kappa shape index (κ3) is 4.07. The van der Waals surface area contributed by atoms with Gasteiger partial charge in [0.05, 0.1) is 0 Å². The highest BCUT2D eigenvalue weighted by molar-refractivity contribution is 5.95. The van der Waals surface area contributed by atoms with Gasteiger partial charge in [-0.2, -0.15) is 9.97 Å². The molecule has 1 amide bonds. The molecule has 0 aliphatic heterocycles. The number of amides is 1. The number of hydrogen-bond acceptors (Lipinski definition) is 6. The Bertz CT molecular complexity index is 1100. The molecule has 2 aromatic carbocycles. The van der Waals surface area contributed by atoms with E-state index in [1.54, 1.807) is 0 Å². The Morgan fingerprint density at radius 2 is 1.63 bits per heavy atom. The van der Waals surface area contributed by atoms with Crippen LogP contribution in [-0.2, 0) is 0 Å². The SMILES string of the molecule is CCNC(=O)c1nc2nc(N)nc(NCC(c3ccccc3)c3ccccc3)c2[nH]1. The Morgan fingerprint density at radius 3 is 2.23 bits per heavy atom. The lowest BCUT2D eigenvalue weighted by Crippen LogP contribution is -2.23. The zero-order chi connectivity index (χ0) is 20.9. The molecule has 152 valence electrons. The van der Waals surface area contributed by atoms with Crippen LogP contribution >= 0.6 is 0 Å². The van der Waals surface area contributed by atoms with Gasteiger partial charge in [0.2, 0.25) is 5.95 Å². The first-order chi connectivity index (χ1) is 14.7. The van der Waals surface area contributed by atoms with Gasteiger partial charge in [-0.3, -0.25) is 4.79 Å². The maximum Gasteiger partial charge on any atom is 0.287 e. The van der Waals surface area contributed by atoms with Gasteiger partial charge in [0.25, 0.3) is 5.91 Å². The molecule has 0 spiro atoms. The van der Waals surface area contributed by atoms with Gasteiger partial charge in [-0.15, -0.1) is 0 Å². The van der Waals surface area contributed by atoms with Crippen molar-refractivity contribution in [3.8, 4) is 0 Å². The first kappa shape index (κ1) is 19.4. The first-order valence-corrected chi connectivity index (χ1v) is 9.81. The molecule has 0 bridgehead atoms. The molecule has 0 saturated heterocycles. The number of nitrogen functional groups attached to an aromatic ring is 1. The fourth-order valence-corrected chi connectivity index (χ4v) is 3.39. The predicted molar refractivity (Wildman–Crippen MR) is 117 cm³/mol. The van der Waals surface area contributed by atoms with E-state index in [2.05, 4.69) is 54.8 Å². The highest BCUT2D eigenvalue weighted by Crippen LogP contribution is 2.26. The van der Waals surface area contributed by atoms with E-state index in [1.165, 1.54) is 11.1 Å². The van der Waals surface area contributed by atoms with E-state index in [1.807, 2.05) is 43.3 Å². The van der Waals surface area contributed by atoms with Crippen molar-refractivity contribution in [1.82, 2.24) is 25.3 Å². The highest BCUT2D eigenvalue weighted by Gasteiger charge is 2.18. The van der Waals surface area contributed by atoms with Crippen molar-refractivity contribution in [2.24, 2.45) is 0 Å². The molecule has 5 N–H and O–H groups in total. The molecule has 0 atom stereocenters. The summed E-state index contributed by atoms with van der Waals surface area (Å²) in [6, 6.07) is 20.5. The van der Waals surface area contributed by atoms with Crippen LogP contribution in [0.15, 0.2) is 60.7 Å². The number of nitrogens with one attached hydrogen (secondary N) is 3. The van der Waals surface area contributed by atoms with Gasteiger partial charge in [-0.25, -0.2) is 4.98 Å². The predicted octanol–water partition coefficient (Wildman–Crippen LogP) is 2.93. The summed E-state index contributed by atoms with van der Waals surface area (Å²) < 4.78 is 0. The number of aromatic amines is 1. The minimum absolute atomic E-state index is 0.0925. The molecule has 0 aliphatic carbocycles. The van der Waals surface area contributed by atoms with Gasteiger partial charge in [-0.05, 0) is 18.1 Å². The van der Waals surface area contributed by atoms with Crippen LogP contribution in [0.4, 0.5) is 11.8 Å². The normalized spacial score (nSPS) is 11.0. The Morgan fingerprint density at radius 1 is 1.00 bits per heavy atom. The molecule has 2 heterocycles. The molecule has 0 fully saturated rings. The fraction of sp³-hybridized carbons (Fsp3) is 0.182. The van der Waals surface area contributed by atoms with E-state index < -0.39 is 0 Å². The van der Waals surface area contributed by atoms with Crippen LogP contribution in [0.3, 0.4) is 0 Å². The zero-order valence-corrected chi connectivity index (χ0v) is 16.6. The molecular formula is C22H23N7O. The van der Waals surface area contributed by atoms with Crippen LogP contribution in [-0.4, -0.2) is 38.9 Å². The van der Waals surface area contributed by atoms with E-state index >= 15 is 0 Å². The summed E-state index contributed by atoms with van der Waals surface area (Å²) in [5, 5.41) is 6.09. The quantitative estimate of drug-likeness (QED) is 0.378. The molecule has 0 unspecified atom stereocenters. The molecule has 2 aromatic heterocycles. The Hall–Kier alpha value is -3.94. The lowest BCUT2D eigenvalue weighted by atomic mass is 9.91. The minimum Gasteiger partial charge on any atom is -0.368 e. The average molecular weight is 401 g/mol. The summed E-state index contributed by atoms with van der Waals surface area (Å²) in [4.78, 5) is 27.9. The second-order valence-corrected chi connectivity index (χ2v) is 6.83. The van der Waals surface area contributed by atoms with Gasteiger partial charge in [-0.1, -0.05) is 60.7 Å². The fourth-order valence-electron chi connectivity index (χ4n) is 3.39. The first-order valence-electron chi connectivity index (χ1n) is 9.81. The number of nitrogens with two attached hydrogens (primary N) is 1. The smallest absolute Gasteiger partial charge is 0.287 e. The zero-order valence-electron chi connectivity index (χ0n) is 16.6. The van der Waals surface area contributed by atoms with Crippen molar-refractivity contribution in [2.75, 3.05) is 24.1 Å². The van der Waals surface area contributed by atoms with E-state index in [0.29, 0.717) is 30.1 Å². The van der Waals surface area contributed by atoms with Gasteiger partial charge in [0, 0.05) is 19.0 Å².